The van der Waals surface area contributed by atoms with Crippen molar-refractivity contribution in [2.45, 2.75) is 23.8 Å². The predicted molar refractivity (Wildman–Crippen MR) is 83.6 cm³/mol. The highest BCUT2D eigenvalue weighted by Gasteiger charge is 2.26. The highest BCUT2D eigenvalue weighted by atomic mass is 32.2. The van der Waals surface area contributed by atoms with Crippen molar-refractivity contribution in [3.8, 4) is 0 Å². The van der Waals surface area contributed by atoms with Gasteiger partial charge in [0.25, 0.3) is 0 Å². The largest absolute Gasteiger partial charge is 0.399 e. The molecule has 1 heterocycles. The molecule has 0 spiro atoms. The number of nitrogens with zero attached hydrogens (tertiary/aromatic N) is 1. The van der Waals surface area contributed by atoms with Crippen molar-refractivity contribution in [3.63, 3.8) is 0 Å². The molecule has 0 bridgehead atoms. The molecule has 0 aliphatic heterocycles. The molecular formula is C14H20N4O2S. The summed E-state index contributed by atoms with van der Waals surface area (Å²) < 4.78 is 27.4. The predicted octanol–water partition coefficient (Wildman–Crippen LogP) is 1.12. The van der Waals surface area contributed by atoms with Crippen LogP contribution < -0.4 is 10.5 Å². The Morgan fingerprint density at radius 3 is 2.90 bits per heavy atom. The number of aromatic nitrogens is 1. The maximum absolute atomic E-state index is 12.4. The molecule has 4 N–H and O–H groups in total. The Kier molecular flexibility index (Phi) is 3.64. The van der Waals surface area contributed by atoms with Crippen LogP contribution in [0.3, 0.4) is 0 Å². The lowest BCUT2D eigenvalue weighted by molar-refractivity contribution is 0.329. The third kappa shape index (κ3) is 3.04. The standard InChI is InChI=1S/C14H20N4O2S/c1-18(11-3-4-11)7-6-17-21(19,20)14-9-16-13-5-2-10(15)8-12(13)14/h2,5,8-9,11,16-17H,3-4,6-7,15H2,1H3. The highest BCUT2D eigenvalue weighted by molar-refractivity contribution is 7.89. The summed E-state index contributed by atoms with van der Waals surface area (Å²) in [7, 11) is -1.50. The van der Waals surface area contributed by atoms with Crippen molar-refractivity contribution in [1.29, 1.82) is 0 Å². The number of anilines is 1. The molecule has 114 valence electrons. The van der Waals surface area contributed by atoms with E-state index in [1.807, 2.05) is 7.05 Å². The second-order valence-corrected chi connectivity index (χ2v) is 7.30. The van der Waals surface area contributed by atoms with Gasteiger partial charge < -0.3 is 15.6 Å². The maximum atomic E-state index is 12.4. The van der Waals surface area contributed by atoms with Crippen molar-refractivity contribution >= 4 is 26.6 Å². The molecule has 6 nitrogen and oxygen atoms in total. The van der Waals surface area contributed by atoms with E-state index < -0.39 is 10.0 Å². The summed E-state index contributed by atoms with van der Waals surface area (Å²) in [5.41, 5.74) is 7.05. The van der Waals surface area contributed by atoms with E-state index >= 15 is 0 Å². The summed E-state index contributed by atoms with van der Waals surface area (Å²) >= 11 is 0. The van der Waals surface area contributed by atoms with E-state index in [0.29, 0.717) is 30.2 Å². The molecule has 1 aliphatic carbocycles. The lowest BCUT2D eigenvalue weighted by Gasteiger charge is -2.15. The van der Waals surface area contributed by atoms with Crippen LogP contribution >= 0.6 is 0 Å². The van der Waals surface area contributed by atoms with Gasteiger partial charge in [-0.15, -0.1) is 0 Å². The summed E-state index contributed by atoms with van der Waals surface area (Å²) in [6.45, 7) is 1.12. The molecule has 0 amide bonds. The zero-order chi connectivity index (χ0) is 15.0. The van der Waals surface area contributed by atoms with Gasteiger partial charge in [0.2, 0.25) is 10.0 Å². The molecule has 2 aromatic rings. The SMILES string of the molecule is CN(CCNS(=O)(=O)c1c[nH]c2ccc(N)cc12)C1CC1. The van der Waals surface area contributed by atoms with Gasteiger partial charge in [0, 0.05) is 41.9 Å². The van der Waals surface area contributed by atoms with E-state index in [2.05, 4.69) is 14.6 Å². The number of hydrogen-bond acceptors (Lipinski definition) is 4. The number of fused-ring (bicyclic) bond motifs is 1. The van der Waals surface area contributed by atoms with Crippen LogP contribution in [0.4, 0.5) is 5.69 Å². The minimum absolute atomic E-state index is 0.249. The molecule has 1 aromatic carbocycles. The van der Waals surface area contributed by atoms with E-state index in [9.17, 15) is 8.42 Å². The van der Waals surface area contributed by atoms with Gasteiger partial charge in [-0.25, -0.2) is 13.1 Å². The number of likely N-dealkylation sites (N-methyl/N-ethyl adjacent to an activating group) is 1. The van der Waals surface area contributed by atoms with E-state index in [-0.39, 0.29) is 4.90 Å². The Balaban J connectivity index is 1.74. The number of rotatable bonds is 6. The summed E-state index contributed by atoms with van der Waals surface area (Å²) in [6.07, 6.45) is 3.94. The summed E-state index contributed by atoms with van der Waals surface area (Å²) in [4.78, 5) is 5.40. The Bertz CT molecular complexity index is 749. The minimum atomic E-state index is -3.52. The van der Waals surface area contributed by atoms with Crippen LogP contribution in [0.1, 0.15) is 12.8 Å². The van der Waals surface area contributed by atoms with Crippen molar-refractivity contribution in [2.75, 3.05) is 25.9 Å². The van der Waals surface area contributed by atoms with Gasteiger partial charge in [-0.05, 0) is 38.1 Å². The summed E-state index contributed by atoms with van der Waals surface area (Å²) in [6, 6.07) is 5.83. The molecule has 21 heavy (non-hydrogen) atoms. The number of nitrogens with two attached hydrogens (primary N) is 1. The molecule has 1 aliphatic rings. The first-order valence-corrected chi connectivity index (χ1v) is 8.52. The van der Waals surface area contributed by atoms with Gasteiger partial charge in [-0.2, -0.15) is 0 Å². The molecular weight excluding hydrogens is 288 g/mol. The van der Waals surface area contributed by atoms with E-state index in [0.717, 1.165) is 5.52 Å². The molecule has 0 radical (unpaired) electrons. The molecule has 1 saturated carbocycles. The van der Waals surface area contributed by atoms with Crippen molar-refractivity contribution < 1.29 is 8.42 Å². The van der Waals surface area contributed by atoms with Crippen LogP contribution in [-0.4, -0.2) is 44.5 Å². The van der Waals surface area contributed by atoms with Gasteiger partial charge in [0.1, 0.15) is 4.90 Å². The average molecular weight is 308 g/mol. The fourth-order valence-electron chi connectivity index (χ4n) is 2.47. The van der Waals surface area contributed by atoms with Crippen LogP contribution in [0.2, 0.25) is 0 Å². The van der Waals surface area contributed by atoms with Gasteiger partial charge >= 0.3 is 0 Å². The Labute approximate surface area is 124 Å². The van der Waals surface area contributed by atoms with Crippen molar-refractivity contribution in [2.24, 2.45) is 0 Å². The van der Waals surface area contributed by atoms with Gasteiger partial charge in [-0.3, -0.25) is 0 Å². The van der Waals surface area contributed by atoms with Crippen molar-refractivity contribution in [3.05, 3.63) is 24.4 Å². The Morgan fingerprint density at radius 1 is 1.43 bits per heavy atom. The number of sulfonamides is 1. The van der Waals surface area contributed by atoms with Crippen LogP contribution in [0.25, 0.3) is 10.9 Å². The second kappa shape index (κ2) is 5.32. The Morgan fingerprint density at radius 2 is 2.19 bits per heavy atom. The number of nitrogens with one attached hydrogen (secondary N) is 2. The van der Waals surface area contributed by atoms with Crippen LogP contribution in [-0.2, 0) is 10.0 Å². The zero-order valence-corrected chi connectivity index (χ0v) is 12.8. The van der Waals surface area contributed by atoms with Crippen LogP contribution in [0.15, 0.2) is 29.3 Å². The number of aromatic amines is 1. The smallest absolute Gasteiger partial charge is 0.242 e. The third-order valence-electron chi connectivity index (χ3n) is 3.88. The third-order valence-corrected chi connectivity index (χ3v) is 5.39. The first kappa shape index (κ1) is 14.4. The number of nitrogen functional groups attached to an aromatic ring is 1. The van der Waals surface area contributed by atoms with E-state index in [1.54, 1.807) is 18.2 Å². The minimum Gasteiger partial charge on any atom is -0.399 e. The van der Waals surface area contributed by atoms with Crippen molar-refractivity contribution in [1.82, 2.24) is 14.6 Å². The van der Waals surface area contributed by atoms with Gasteiger partial charge in [0.15, 0.2) is 0 Å². The topological polar surface area (TPSA) is 91.2 Å². The molecule has 7 heteroatoms. The average Bonchev–Trinajstić information content (AvgIpc) is 3.18. The monoisotopic (exact) mass is 308 g/mol. The Hall–Kier alpha value is -1.57. The lowest BCUT2D eigenvalue weighted by Crippen LogP contribution is -2.33. The highest BCUT2D eigenvalue weighted by Crippen LogP contribution is 2.26. The van der Waals surface area contributed by atoms with Gasteiger partial charge in [-0.1, -0.05) is 0 Å². The zero-order valence-electron chi connectivity index (χ0n) is 12.0. The van der Waals surface area contributed by atoms with Crippen LogP contribution in [0, 0.1) is 0 Å². The summed E-state index contributed by atoms with van der Waals surface area (Å²) in [5, 5.41) is 0.623. The molecule has 0 atom stereocenters. The number of hydrogen-bond donors (Lipinski definition) is 3. The van der Waals surface area contributed by atoms with Gasteiger partial charge in [0.05, 0.1) is 0 Å². The number of H-pyrrole nitrogens is 1. The second-order valence-electron chi connectivity index (χ2n) is 5.57. The molecule has 1 aromatic heterocycles. The molecule has 0 saturated heterocycles. The first-order chi connectivity index (χ1) is 9.97. The van der Waals surface area contributed by atoms with Crippen LogP contribution in [0.5, 0.6) is 0 Å². The molecule has 0 unspecified atom stereocenters. The molecule has 1 fully saturated rings. The van der Waals surface area contributed by atoms with E-state index in [1.165, 1.54) is 19.0 Å². The molecule has 3 rings (SSSR count). The first-order valence-electron chi connectivity index (χ1n) is 7.04. The summed E-state index contributed by atoms with van der Waals surface area (Å²) in [5.74, 6) is 0. The normalized spacial score (nSPS) is 15.9. The fraction of sp³-hybridized carbons (Fsp3) is 0.429. The van der Waals surface area contributed by atoms with E-state index in [4.69, 9.17) is 5.73 Å². The number of benzene rings is 1. The lowest BCUT2D eigenvalue weighted by atomic mass is 10.2. The maximum Gasteiger partial charge on any atom is 0.242 e. The quantitative estimate of drug-likeness (QED) is 0.698. The fourth-order valence-corrected chi connectivity index (χ4v) is 3.65.